The molecule has 1 aromatic carbocycles. The molecule has 1 aliphatic carbocycles. The molecule has 1 saturated heterocycles. The largest absolute Gasteiger partial charge is 0.350 e. The summed E-state index contributed by atoms with van der Waals surface area (Å²) in [6, 6.07) is 5.38. The first-order chi connectivity index (χ1) is 17.4. The fourth-order valence-electron chi connectivity index (χ4n) is 5.72. The van der Waals surface area contributed by atoms with Crippen LogP contribution in [0.5, 0.6) is 0 Å². The predicted molar refractivity (Wildman–Crippen MR) is 154 cm³/mol. The van der Waals surface area contributed by atoms with E-state index < -0.39 is 0 Å². The summed E-state index contributed by atoms with van der Waals surface area (Å²) in [5, 5.41) is 4.61. The van der Waals surface area contributed by atoms with Gasteiger partial charge in [0.05, 0.1) is 10.9 Å². The number of fused-ring (bicyclic) bond motifs is 1. The molecule has 2 fully saturated rings. The number of hydrogen-bond donors (Lipinski definition) is 1. The van der Waals surface area contributed by atoms with Gasteiger partial charge in [-0.15, -0.1) is 0 Å². The van der Waals surface area contributed by atoms with Crippen molar-refractivity contribution in [1.29, 1.82) is 0 Å². The van der Waals surface area contributed by atoms with Gasteiger partial charge in [0, 0.05) is 35.7 Å². The van der Waals surface area contributed by atoms with Gasteiger partial charge in [0.15, 0.2) is 5.16 Å². The number of carbonyl (C=O) groups is 1. The Kier molecular flexibility index (Phi) is 9.81. The molecule has 1 N–H and O–H groups in total. The second-order valence-electron chi connectivity index (χ2n) is 10.8. The van der Waals surface area contributed by atoms with Gasteiger partial charge in [0.2, 0.25) is 0 Å². The van der Waals surface area contributed by atoms with Crippen molar-refractivity contribution >= 4 is 40.3 Å². The van der Waals surface area contributed by atoms with Crippen LogP contribution in [0.15, 0.2) is 28.2 Å². The van der Waals surface area contributed by atoms with E-state index in [2.05, 4.69) is 30.3 Å². The third-order valence-electron chi connectivity index (χ3n) is 7.64. The first-order valence-electron chi connectivity index (χ1n) is 13.6. The molecular formula is C28H42N4O2S2. The molecule has 1 saturated carbocycles. The number of nitrogens with one attached hydrogen (secondary N) is 1. The van der Waals surface area contributed by atoms with Crippen LogP contribution < -0.4 is 10.9 Å². The third kappa shape index (κ3) is 6.48. The van der Waals surface area contributed by atoms with Crippen LogP contribution in [0.2, 0.25) is 0 Å². The molecule has 36 heavy (non-hydrogen) atoms. The molecule has 1 amide bonds. The molecule has 0 spiro atoms. The maximum Gasteiger partial charge on any atom is 0.262 e. The summed E-state index contributed by atoms with van der Waals surface area (Å²) in [6.45, 7) is 7.87. The van der Waals surface area contributed by atoms with E-state index in [1.807, 2.05) is 4.57 Å². The van der Waals surface area contributed by atoms with E-state index in [0.717, 1.165) is 29.8 Å². The summed E-state index contributed by atoms with van der Waals surface area (Å²) >= 11 is 3.42. The zero-order chi connectivity index (χ0) is 25.5. The first-order valence-corrected chi connectivity index (χ1v) is 16.0. The highest BCUT2D eigenvalue weighted by atomic mass is 32.2. The molecule has 0 atom stereocenters. The van der Waals surface area contributed by atoms with Crippen LogP contribution in [0, 0.1) is 5.92 Å². The summed E-state index contributed by atoms with van der Waals surface area (Å²) in [4.78, 5) is 34.2. The number of aromatic nitrogens is 2. The Balaban J connectivity index is 1.56. The van der Waals surface area contributed by atoms with Crippen molar-refractivity contribution in [2.45, 2.75) is 82.5 Å². The Bertz CT molecular complexity index is 1090. The third-order valence-corrected chi connectivity index (χ3v) is 9.49. The van der Waals surface area contributed by atoms with Gasteiger partial charge < -0.3 is 5.32 Å². The fraction of sp³-hybridized carbons (Fsp3) is 0.679. The predicted octanol–water partition coefficient (Wildman–Crippen LogP) is 5.43. The molecule has 2 aromatic rings. The van der Waals surface area contributed by atoms with Crippen molar-refractivity contribution in [2.75, 3.05) is 37.4 Å². The number of benzene rings is 1. The molecule has 2 heterocycles. The lowest BCUT2D eigenvalue weighted by atomic mass is 9.79. The van der Waals surface area contributed by atoms with Crippen molar-refractivity contribution in [3.63, 3.8) is 0 Å². The number of likely N-dealkylation sites (tertiary alicyclic amines) is 1. The number of piperidine rings is 1. The van der Waals surface area contributed by atoms with Crippen LogP contribution in [-0.4, -0.2) is 63.3 Å². The summed E-state index contributed by atoms with van der Waals surface area (Å²) in [5.41, 5.74) is 1.27. The zero-order valence-corrected chi connectivity index (χ0v) is 23.8. The molecule has 2 aliphatic rings. The Labute approximate surface area is 224 Å². The van der Waals surface area contributed by atoms with Crippen LogP contribution in [0.3, 0.4) is 0 Å². The summed E-state index contributed by atoms with van der Waals surface area (Å²) < 4.78 is 1.81. The lowest BCUT2D eigenvalue weighted by Crippen LogP contribution is -2.58. The Morgan fingerprint density at radius 2 is 1.81 bits per heavy atom. The van der Waals surface area contributed by atoms with Gasteiger partial charge in [-0.1, -0.05) is 51.3 Å². The van der Waals surface area contributed by atoms with E-state index in [-0.39, 0.29) is 17.0 Å². The molecule has 1 aromatic heterocycles. The highest BCUT2D eigenvalue weighted by Gasteiger charge is 2.38. The standard InChI is InChI=1S/C28H42N4O2S2/c1-21(2)19-32-26(34)23-11-10-22(18-24(23)30-27(32)36-17-16-35-3)25(33)29-20-28(12-6-4-7-13-28)31-14-8-5-9-15-31/h10-11,18,21H,4-9,12-17,19-20H2,1-3H3,(H,29,33). The Morgan fingerprint density at radius 1 is 1.08 bits per heavy atom. The lowest BCUT2D eigenvalue weighted by molar-refractivity contribution is 0.0326. The first kappa shape index (κ1) is 27.5. The molecule has 0 radical (unpaired) electrons. The second-order valence-corrected chi connectivity index (χ2v) is 12.8. The maximum absolute atomic E-state index is 13.3. The Morgan fingerprint density at radius 3 is 2.50 bits per heavy atom. The van der Waals surface area contributed by atoms with Gasteiger partial charge in [-0.3, -0.25) is 19.1 Å². The number of thioether (sulfide) groups is 2. The van der Waals surface area contributed by atoms with Gasteiger partial charge in [0.1, 0.15) is 0 Å². The van der Waals surface area contributed by atoms with Gasteiger partial charge >= 0.3 is 0 Å². The minimum atomic E-state index is -0.0661. The van der Waals surface area contributed by atoms with E-state index in [9.17, 15) is 9.59 Å². The van der Waals surface area contributed by atoms with Gasteiger partial charge in [-0.25, -0.2) is 4.98 Å². The average molecular weight is 531 g/mol. The van der Waals surface area contributed by atoms with Gasteiger partial charge in [-0.2, -0.15) is 11.8 Å². The molecule has 8 heteroatoms. The number of amides is 1. The maximum atomic E-state index is 13.3. The molecule has 198 valence electrons. The van der Waals surface area contributed by atoms with E-state index in [1.165, 1.54) is 51.4 Å². The summed E-state index contributed by atoms with van der Waals surface area (Å²) in [5.74, 6) is 2.18. The normalized spacial score (nSPS) is 18.6. The van der Waals surface area contributed by atoms with Crippen LogP contribution >= 0.6 is 23.5 Å². The topological polar surface area (TPSA) is 67.2 Å². The zero-order valence-electron chi connectivity index (χ0n) is 22.2. The highest BCUT2D eigenvalue weighted by Crippen LogP contribution is 2.35. The van der Waals surface area contributed by atoms with Crippen LogP contribution in [0.1, 0.15) is 75.6 Å². The van der Waals surface area contributed by atoms with Gasteiger partial charge in [-0.05, 0) is 69.1 Å². The summed E-state index contributed by atoms with van der Waals surface area (Å²) in [7, 11) is 0. The quantitative estimate of drug-likeness (QED) is 0.251. The van der Waals surface area contributed by atoms with Crippen molar-refractivity contribution < 1.29 is 4.79 Å². The average Bonchev–Trinajstić information content (AvgIpc) is 2.90. The second kappa shape index (κ2) is 12.8. The molecule has 6 nitrogen and oxygen atoms in total. The monoisotopic (exact) mass is 530 g/mol. The van der Waals surface area contributed by atoms with Crippen LogP contribution in [0.4, 0.5) is 0 Å². The SMILES string of the molecule is CSCCSc1nc2cc(C(=O)NCC3(N4CCCCC4)CCCCC3)ccc2c(=O)n1CC(C)C. The summed E-state index contributed by atoms with van der Waals surface area (Å²) in [6.07, 6.45) is 12.0. The van der Waals surface area contributed by atoms with Crippen molar-refractivity contribution in [3.8, 4) is 0 Å². The van der Waals surface area contributed by atoms with Crippen LogP contribution in [-0.2, 0) is 6.54 Å². The van der Waals surface area contributed by atoms with E-state index >= 15 is 0 Å². The van der Waals surface area contributed by atoms with Gasteiger partial charge in [0.25, 0.3) is 11.5 Å². The minimum absolute atomic E-state index is 0.0152. The van der Waals surface area contributed by atoms with Crippen molar-refractivity contribution in [2.24, 2.45) is 5.92 Å². The molecule has 4 rings (SSSR count). The molecular weight excluding hydrogens is 488 g/mol. The number of rotatable bonds is 10. The minimum Gasteiger partial charge on any atom is -0.350 e. The van der Waals surface area contributed by atoms with E-state index in [0.29, 0.717) is 35.5 Å². The number of hydrogen-bond acceptors (Lipinski definition) is 6. The highest BCUT2D eigenvalue weighted by molar-refractivity contribution is 8.02. The Hall–Kier alpha value is -1.51. The number of carbonyl (C=O) groups excluding carboxylic acids is 1. The van der Waals surface area contributed by atoms with Crippen LogP contribution in [0.25, 0.3) is 10.9 Å². The van der Waals surface area contributed by atoms with E-state index in [1.54, 1.807) is 41.7 Å². The molecule has 0 bridgehead atoms. The van der Waals surface area contributed by atoms with Crippen molar-refractivity contribution in [1.82, 2.24) is 19.8 Å². The molecule has 1 aliphatic heterocycles. The van der Waals surface area contributed by atoms with E-state index in [4.69, 9.17) is 4.98 Å². The fourth-order valence-corrected chi connectivity index (χ4v) is 7.38. The molecule has 0 unspecified atom stereocenters. The lowest BCUT2D eigenvalue weighted by Gasteiger charge is -2.48. The van der Waals surface area contributed by atoms with Crippen molar-refractivity contribution in [3.05, 3.63) is 34.1 Å². The number of nitrogens with zero attached hydrogens (tertiary/aromatic N) is 3. The smallest absolute Gasteiger partial charge is 0.262 e.